The van der Waals surface area contributed by atoms with Crippen molar-refractivity contribution in [3.63, 3.8) is 0 Å². The third-order valence-electron chi connectivity index (χ3n) is 2.54. The van der Waals surface area contributed by atoms with E-state index in [-0.39, 0.29) is 0 Å². The Labute approximate surface area is 103 Å². The van der Waals surface area contributed by atoms with Gasteiger partial charge in [0.05, 0.1) is 0 Å². The zero-order valence-electron chi connectivity index (χ0n) is 12.4. The van der Waals surface area contributed by atoms with Crippen LogP contribution in [0.2, 0.25) is 0 Å². The molecule has 0 spiro atoms. The van der Waals surface area contributed by atoms with Crippen molar-refractivity contribution in [3.05, 3.63) is 11.8 Å². The van der Waals surface area contributed by atoms with Crippen LogP contribution in [0.25, 0.3) is 0 Å². The van der Waals surface area contributed by atoms with Gasteiger partial charge < -0.3 is 4.90 Å². The van der Waals surface area contributed by atoms with Crippen LogP contribution in [0.15, 0.2) is 11.8 Å². The molecule has 1 nitrogen and oxygen atoms in total. The van der Waals surface area contributed by atoms with E-state index in [9.17, 15) is 0 Å². The molecule has 0 aromatic heterocycles. The normalized spacial score (nSPS) is 13.4. The molecule has 0 unspecified atom stereocenters. The number of hydrogen-bond acceptors (Lipinski definition) is 1. The molecular weight excluding hydrogens is 194 g/mol. The summed E-state index contributed by atoms with van der Waals surface area (Å²) in [5, 5.41) is 0. The standard InChI is InChI=1S/C15H31N/c1-13(2)9-8-10-16(7)12-14(3)11-15(4,5)6/h12-13H,8-11H2,1-7H3/b14-12+. The van der Waals surface area contributed by atoms with Gasteiger partial charge in [0.1, 0.15) is 0 Å². The third-order valence-corrected chi connectivity index (χ3v) is 2.54. The predicted molar refractivity (Wildman–Crippen MR) is 74.5 cm³/mol. The highest BCUT2D eigenvalue weighted by Gasteiger charge is 2.10. The van der Waals surface area contributed by atoms with Crippen molar-refractivity contribution in [2.24, 2.45) is 11.3 Å². The van der Waals surface area contributed by atoms with Crippen molar-refractivity contribution < 1.29 is 0 Å². The Morgan fingerprint density at radius 1 is 1.25 bits per heavy atom. The van der Waals surface area contributed by atoms with E-state index in [2.05, 4.69) is 59.7 Å². The highest BCUT2D eigenvalue weighted by molar-refractivity contribution is 4.99. The van der Waals surface area contributed by atoms with Gasteiger partial charge in [-0.25, -0.2) is 0 Å². The van der Waals surface area contributed by atoms with E-state index in [1.54, 1.807) is 0 Å². The van der Waals surface area contributed by atoms with Gasteiger partial charge in [0.2, 0.25) is 0 Å². The largest absolute Gasteiger partial charge is 0.380 e. The maximum absolute atomic E-state index is 2.34. The zero-order valence-corrected chi connectivity index (χ0v) is 12.4. The van der Waals surface area contributed by atoms with Gasteiger partial charge in [-0.3, -0.25) is 0 Å². The van der Waals surface area contributed by atoms with Gasteiger partial charge in [-0.1, -0.05) is 40.2 Å². The Bertz CT molecular complexity index is 208. The summed E-state index contributed by atoms with van der Waals surface area (Å²) >= 11 is 0. The van der Waals surface area contributed by atoms with Crippen molar-refractivity contribution >= 4 is 0 Å². The van der Waals surface area contributed by atoms with E-state index in [1.165, 1.54) is 31.4 Å². The molecule has 0 atom stereocenters. The molecule has 0 saturated heterocycles. The lowest BCUT2D eigenvalue weighted by molar-refractivity contribution is 0.387. The van der Waals surface area contributed by atoms with E-state index < -0.39 is 0 Å². The molecule has 0 N–H and O–H groups in total. The summed E-state index contributed by atoms with van der Waals surface area (Å²) in [6.45, 7) is 14.9. The van der Waals surface area contributed by atoms with Gasteiger partial charge in [0, 0.05) is 13.6 Å². The third kappa shape index (κ3) is 10.1. The monoisotopic (exact) mass is 225 g/mol. The van der Waals surface area contributed by atoms with Gasteiger partial charge in [-0.2, -0.15) is 0 Å². The van der Waals surface area contributed by atoms with Crippen LogP contribution in [-0.2, 0) is 0 Å². The average Bonchev–Trinajstić information content (AvgIpc) is 1.98. The first kappa shape index (κ1) is 15.5. The van der Waals surface area contributed by atoms with Crippen LogP contribution < -0.4 is 0 Å². The maximum atomic E-state index is 2.34. The highest BCUT2D eigenvalue weighted by atomic mass is 15.1. The summed E-state index contributed by atoms with van der Waals surface area (Å²) in [5.41, 5.74) is 1.89. The number of rotatable bonds is 6. The predicted octanol–water partition coefficient (Wildman–Crippen LogP) is 4.69. The van der Waals surface area contributed by atoms with E-state index in [4.69, 9.17) is 0 Å². The van der Waals surface area contributed by atoms with Crippen LogP contribution in [0.4, 0.5) is 0 Å². The minimum Gasteiger partial charge on any atom is -0.380 e. The Hall–Kier alpha value is -0.460. The molecule has 96 valence electrons. The number of nitrogens with zero attached hydrogens (tertiary/aromatic N) is 1. The van der Waals surface area contributed by atoms with Crippen LogP contribution in [-0.4, -0.2) is 18.5 Å². The molecule has 0 bridgehead atoms. The van der Waals surface area contributed by atoms with E-state index in [0.717, 1.165) is 5.92 Å². The fraction of sp³-hybridized carbons (Fsp3) is 0.867. The summed E-state index contributed by atoms with van der Waals surface area (Å²) in [6.07, 6.45) is 6.12. The molecule has 16 heavy (non-hydrogen) atoms. The lowest BCUT2D eigenvalue weighted by atomic mass is 9.89. The number of hydrogen-bond donors (Lipinski definition) is 0. The molecule has 0 aromatic carbocycles. The minimum absolute atomic E-state index is 0.402. The lowest BCUT2D eigenvalue weighted by Crippen LogP contribution is -2.15. The summed E-state index contributed by atoms with van der Waals surface area (Å²) in [6, 6.07) is 0. The van der Waals surface area contributed by atoms with Crippen molar-refractivity contribution in [2.75, 3.05) is 13.6 Å². The Morgan fingerprint density at radius 3 is 2.25 bits per heavy atom. The number of allylic oxidation sites excluding steroid dienone is 1. The molecule has 0 rings (SSSR count). The summed E-state index contributed by atoms with van der Waals surface area (Å²) < 4.78 is 0. The molecule has 1 heteroatoms. The first-order chi connectivity index (χ1) is 7.20. The second-order valence-corrected chi connectivity index (χ2v) is 6.73. The van der Waals surface area contributed by atoms with Gasteiger partial charge >= 0.3 is 0 Å². The van der Waals surface area contributed by atoms with Crippen LogP contribution in [0.1, 0.15) is 60.8 Å². The molecule has 0 amide bonds. The lowest BCUT2D eigenvalue weighted by Gasteiger charge is -2.21. The van der Waals surface area contributed by atoms with Crippen LogP contribution in [0.3, 0.4) is 0 Å². The molecule has 0 aliphatic carbocycles. The van der Waals surface area contributed by atoms with Gasteiger partial charge in [0.15, 0.2) is 0 Å². The second-order valence-electron chi connectivity index (χ2n) is 6.73. The van der Waals surface area contributed by atoms with Gasteiger partial charge in [-0.05, 0) is 43.7 Å². The fourth-order valence-corrected chi connectivity index (χ4v) is 2.07. The SMILES string of the molecule is C/C(=C\N(C)CCCC(C)C)CC(C)(C)C. The first-order valence-electron chi connectivity index (χ1n) is 6.58. The molecule has 0 saturated carbocycles. The summed E-state index contributed by atoms with van der Waals surface area (Å²) in [5.74, 6) is 0.827. The molecule has 0 aromatic rings. The second kappa shape index (κ2) is 6.98. The van der Waals surface area contributed by atoms with Crippen molar-refractivity contribution in [1.29, 1.82) is 0 Å². The average molecular weight is 225 g/mol. The molecule has 0 aliphatic heterocycles. The van der Waals surface area contributed by atoms with Crippen LogP contribution in [0.5, 0.6) is 0 Å². The Kier molecular flexibility index (Phi) is 6.78. The molecule has 0 heterocycles. The smallest absolute Gasteiger partial charge is 0.0169 e. The van der Waals surface area contributed by atoms with E-state index >= 15 is 0 Å². The van der Waals surface area contributed by atoms with Gasteiger partial charge in [0.25, 0.3) is 0 Å². The summed E-state index contributed by atoms with van der Waals surface area (Å²) in [7, 11) is 2.19. The Balaban J connectivity index is 3.92. The van der Waals surface area contributed by atoms with Crippen molar-refractivity contribution in [1.82, 2.24) is 4.90 Å². The molecule has 0 aliphatic rings. The highest BCUT2D eigenvalue weighted by Crippen LogP contribution is 2.23. The van der Waals surface area contributed by atoms with Crippen LogP contribution in [0, 0.1) is 11.3 Å². The van der Waals surface area contributed by atoms with Crippen molar-refractivity contribution in [2.45, 2.75) is 60.8 Å². The maximum Gasteiger partial charge on any atom is 0.0169 e. The molecule has 0 fully saturated rings. The fourth-order valence-electron chi connectivity index (χ4n) is 2.07. The first-order valence-corrected chi connectivity index (χ1v) is 6.58. The molecule has 0 radical (unpaired) electrons. The Morgan fingerprint density at radius 2 is 1.81 bits per heavy atom. The molecular formula is C15H31N. The van der Waals surface area contributed by atoms with Crippen LogP contribution >= 0.6 is 0 Å². The zero-order chi connectivity index (χ0) is 12.8. The quantitative estimate of drug-likeness (QED) is 0.633. The van der Waals surface area contributed by atoms with Crippen molar-refractivity contribution in [3.8, 4) is 0 Å². The topological polar surface area (TPSA) is 3.24 Å². The summed E-state index contributed by atoms with van der Waals surface area (Å²) in [4.78, 5) is 2.34. The van der Waals surface area contributed by atoms with E-state index in [1.807, 2.05) is 0 Å². The van der Waals surface area contributed by atoms with E-state index in [0.29, 0.717) is 5.41 Å². The minimum atomic E-state index is 0.402. The van der Waals surface area contributed by atoms with Gasteiger partial charge in [-0.15, -0.1) is 0 Å².